The number of likely N-dealkylation sites (tertiary alicyclic amines) is 1. The maximum absolute atomic E-state index is 12.4. The Balaban J connectivity index is 1.87. The number of carboxylic acid groups (broad SMARTS) is 1. The van der Waals surface area contributed by atoms with Gasteiger partial charge in [-0.2, -0.15) is 13.2 Å². The molecule has 0 aliphatic carbocycles. The summed E-state index contributed by atoms with van der Waals surface area (Å²) in [6.07, 6.45) is -3.40. The smallest absolute Gasteiger partial charge is 0.434 e. The molecule has 1 saturated heterocycles. The minimum Gasteiger partial charge on any atom is -0.481 e. The van der Waals surface area contributed by atoms with E-state index >= 15 is 0 Å². The molecule has 1 fully saturated rings. The molecule has 10 heteroatoms. The molecule has 2 rings (SSSR count). The summed E-state index contributed by atoms with van der Waals surface area (Å²) in [6, 6.07) is -0.491. The number of alkyl halides is 3. The van der Waals surface area contributed by atoms with Crippen LogP contribution in [0.4, 0.5) is 18.0 Å². The summed E-state index contributed by atoms with van der Waals surface area (Å²) < 4.78 is 37.2. The van der Waals surface area contributed by atoms with Gasteiger partial charge in [0, 0.05) is 18.5 Å². The number of hydrogen-bond donors (Lipinski definition) is 2. The quantitative estimate of drug-likeness (QED) is 0.885. The lowest BCUT2D eigenvalue weighted by Crippen LogP contribution is -2.46. The number of rotatable bonds is 3. The topological polar surface area (TPSA) is 82.5 Å². The standard InChI is InChI=1S/C12H14F3N3O3S/c13-12(14,15)8-6-22-9(17-8)4-16-11(21)18-3-1-2-7(5-18)10(19)20/h6-7H,1-5H2,(H,16,21)(H,19,20). The third kappa shape index (κ3) is 4.09. The Hall–Kier alpha value is -1.84. The van der Waals surface area contributed by atoms with Crippen LogP contribution >= 0.6 is 11.3 Å². The highest BCUT2D eigenvalue weighted by molar-refractivity contribution is 7.09. The number of nitrogens with zero attached hydrogens (tertiary/aromatic N) is 2. The summed E-state index contributed by atoms with van der Waals surface area (Å²) >= 11 is 0.812. The molecule has 1 aliphatic rings. The zero-order valence-electron chi connectivity index (χ0n) is 11.4. The van der Waals surface area contributed by atoms with Crippen LogP contribution in [0.3, 0.4) is 0 Å². The Morgan fingerprint density at radius 1 is 1.50 bits per heavy atom. The van der Waals surface area contributed by atoms with Gasteiger partial charge in [-0.3, -0.25) is 4.79 Å². The van der Waals surface area contributed by atoms with Gasteiger partial charge in [-0.25, -0.2) is 9.78 Å². The van der Waals surface area contributed by atoms with Gasteiger partial charge in [0.1, 0.15) is 5.01 Å². The minimum atomic E-state index is -4.50. The number of carbonyl (C=O) groups excluding carboxylic acids is 1. The molecule has 1 atom stereocenters. The van der Waals surface area contributed by atoms with Gasteiger partial charge in [0.05, 0.1) is 12.5 Å². The van der Waals surface area contributed by atoms with E-state index in [2.05, 4.69) is 10.3 Å². The molecule has 0 aromatic carbocycles. The van der Waals surface area contributed by atoms with Crippen molar-refractivity contribution in [2.45, 2.75) is 25.6 Å². The van der Waals surface area contributed by atoms with Gasteiger partial charge in [0.2, 0.25) is 0 Å². The summed E-state index contributed by atoms with van der Waals surface area (Å²) in [4.78, 5) is 27.6. The lowest BCUT2D eigenvalue weighted by Gasteiger charge is -2.30. The van der Waals surface area contributed by atoms with Crippen molar-refractivity contribution >= 4 is 23.3 Å². The molecule has 0 radical (unpaired) electrons. The summed E-state index contributed by atoms with van der Waals surface area (Å²) in [5.41, 5.74) is -0.981. The molecule has 122 valence electrons. The molecule has 0 saturated carbocycles. The SMILES string of the molecule is O=C(O)C1CCCN(C(=O)NCc2nc(C(F)(F)F)cs2)C1. The van der Waals surface area contributed by atoms with Gasteiger partial charge in [0.25, 0.3) is 0 Å². The molecule has 6 nitrogen and oxygen atoms in total. The normalized spacial score (nSPS) is 19.0. The Morgan fingerprint density at radius 2 is 2.23 bits per heavy atom. The van der Waals surface area contributed by atoms with E-state index in [9.17, 15) is 22.8 Å². The van der Waals surface area contributed by atoms with Gasteiger partial charge >= 0.3 is 18.2 Å². The van der Waals surface area contributed by atoms with Gasteiger partial charge in [-0.05, 0) is 12.8 Å². The highest BCUT2D eigenvalue weighted by atomic mass is 32.1. The van der Waals surface area contributed by atoms with E-state index in [1.165, 1.54) is 4.90 Å². The Bertz CT molecular complexity index is 561. The third-order valence-corrected chi connectivity index (χ3v) is 4.14. The number of aromatic nitrogens is 1. The molecule has 2 amide bonds. The predicted molar refractivity (Wildman–Crippen MR) is 71.3 cm³/mol. The van der Waals surface area contributed by atoms with Crippen molar-refractivity contribution in [2.24, 2.45) is 5.92 Å². The Labute approximate surface area is 127 Å². The van der Waals surface area contributed by atoms with Gasteiger partial charge in [-0.15, -0.1) is 11.3 Å². The Morgan fingerprint density at radius 3 is 2.82 bits per heavy atom. The predicted octanol–water partition coefficient (Wildman–Crippen LogP) is 2.17. The average Bonchev–Trinajstić information content (AvgIpc) is 2.94. The van der Waals surface area contributed by atoms with Gasteiger partial charge in [0.15, 0.2) is 5.69 Å². The first-order valence-electron chi connectivity index (χ1n) is 6.54. The largest absolute Gasteiger partial charge is 0.481 e. The van der Waals surface area contributed by atoms with Crippen LogP contribution in [0.15, 0.2) is 5.38 Å². The van der Waals surface area contributed by atoms with Crippen LogP contribution < -0.4 is 5.32 Å². The molecule has 1 aliphatic heterocycles. The molecule has 0 spiro atoms. The van der Waals surface area contributed by atoms with E-state index in [0.29, 0.717) is 19.4 Å². The number of halogens is 3. The maximum atomic E-state index is 12.4. The monoisotopic (exact) mass is 337 g/mol. The fourth-order valence-corrected chi connectivity index (χ4v) is 2.89. The highest BCUT2D eigenvalue weighted by Gasteiger charge is 2.34. The lowest BCUT2D eigenvalue weighted by atomic mass is 9.99. The zero-order valence-corrected chi connectivity index (χ0v) is 12.2. The van der Waals surface area contributed by atoms with E-state index < -0.39 is 29.8 Å². The number of thiazole rings is 1. The summed E-state index contributed by atoms with van der Waals surface area (Å²) in [5, 5.41) is 12.5. The molecule has 2 N–H and O–H groups in total. The highest BCUT2D eigenvalue weighted by Crippen LogP contribution is 2.29. The number of carbonyl (C=O) groups is 2. The third-order valence-electron chi connectivity index (χ3n) is 3.29. The number of carboxylic acids is 1. The minimum absolute atomic E-state index is 0.104. The molecule has 1 unspecified atom stereocenters. The first kappa shape index (κ1) is 16.5. The van der Waals surface area contributed by atoms with Crippen LogP contribution in [0.5, 0.6) is 0 Å². The first-order valence-corrected chi connectivity index (χ1v) is 7.42. The summed E-state index contributed by atoms with van der Waals surface area (Å²) in [5.74, 6) is -1.55. The van der Waals surface area contributed by atoms with E-state index in [1.807, 2.05) is 0 Å². The summed E-state index contributed by atoms with van der Waals surface area (Å²) in [7, 11) is 0. The lowest BCUT2D eigenvalue weighted by molar-refractivity contribution is -0.143. The molecule has 1 aromatic heterocycles. The second-order valence-corrected chi connectivity index (χ2v) is 5.85. The van der Waals surface area contributed by atoms with Crippen LogP contribution in [0, 0.1) is 5.92 Å². The number of amides is 2. The second kappa shape index (κ2) is 6.51. The average molecular weight is 337 g/mol. The molecular formula is C12H14F3N3O3S. The van der Waals surface area contributed by atoms with Crippen LogP contribution in [0.2, 0.25) is 0 Å². The fraction of sp³-hybridized carbons (Fsp3) is 0.583. The number of nitrogens with one attached hydrogen (secondary N) is 1. The fourth-order valence-electron chi connectivity index (χ4n) is 2.15. The van der Waals surface area contributed by atoms with E-state index in [4.69, 9.17) is 5.11 Å². The van der Waals surface area contributed by atoms with Crippen LogP contribution in [0.1, 0.15) is 23.5 Å². The van der Waals surface area contributed by atoms with Crippen LogP contribution in [-0.4, -0.2) is 40.1 Å². The van der Waals surface area contributed by atoms with Crippen LogP contribution in [-0.2, 0) is 17.5 Å². The summed E-state index contributed by atoms with van der Waals surface area (Å²) in [6.45, 7) is 0.419. The maximum Gasteiger partial charge on any atom is 0.434 e. The van der Waals surface area contributed by atoms with Crippen LogP contribution in [0.25, 0.3) is 0 Å². The van der Waals surface area contributed by atoms with Crippen molar-refractivity contribution in [1.82, 2.24) is 15.2 Å². The molecule has 2 heterocycles. The number of piperidine rings is 1. The molecule has 0 bridgehead atoms. The van der Waals surface area contributed by atoms with Crippen molar-refractivity contribution in [1.29, 1.82) is 0 Å². The van der Waals surface area contributed by atoms with Crippen molar-refractivity contribution in [3.8, 4) is 0 Å². The number of urea groups is 1. The molecule has 1 aromatic rings. The second-order valence-electron chi connectivity index (χ2n) is 4.91. The first-order chi connectivity index (χ1) is 10.3. The van der Waals surface area contributed by atoms with Gasteiger partial charge in [-0.1, -0.05) is 0 Å². The zero-order chi connectivity index (χ0) is 16.3. The van der Waals surface area contributed by atoms with Gasteiger partial charge < -0.3 is 15.3 Å². The Kier molecular flexibility index (Phi) is 4.89. The van der Waals surface area contributed by atoms with E-state index in [-0.39, 0.29) is 18.1 Å². The van der Waals surface area contributed by atoms with E-state index in [0.717, 1.165) is 16.7 Å². The van der Waals surface area contributed by atoms with Crippen molar-refractivity contribution in [2.75, 3.05) is 13.1 Å². The molecular weight excluding hydrogens is 323 g/mol. The van der Waals surface area contributed by atoms with Crippen molar-refractivity contribution in [3.05, 3.63) is 16.1 Å². The molecule has 22 heavy (non-hydrogen) atoms. The van der Waals surface area contributed by atoms with Crippen molar-refractivity contribution < 1.29 is 27.9 Å². The van der Waals surface area contributed by atoms with E-state index in [1.54, 1.807) is 0 Å². The number of hydrogen-bond acceptors (Lipinski definition) is 4. The van der Waals surface area contributed by atoms with Crippen molar-refractivity contribution in [3.63, 3.8) is 0 Å². The number of aliphatic carboxylic acids is 1.